The second-order valence-electron chi connectivity index (χ2n) is 8.55. The fourth-order valence-corrected chi connectivity index (χ4v) is 4.38. The Morgan fingerprint density at radius 2 is 1.94 bits per heavy atom. The number of hydrogen-bond acceptors (Lipinski definition) is 4. The summed E-state index contributed by atoms with van der Waals surface area (Å²) in [7, 11) is 0. The molecule has 33 heavy (non-hydrogen) atoms. The van der Waals surface area contributed by atoms with Crippen LogP contribution < -0.4 is 21.7 Å². The van der Waals surface area contributed by atoms with Crippen LogP contribution in [0.2, 0.25) is 0 Å². The minimum absolute atomic E-state index is 0.0389. The summed E-state index contributed by atoms with van der Waals surface area (Å²) < 4.78 is 0. The number of rotatable bonds is 7. The van der Waals surface area contributed by atoms with Crippen LogP contribution in [-0.4, -0.2) is 47.4 Å². The third-order valence-corrected chi connectivity index (χ3v) is 6.15. The van der Waals surface area contributed by atoms with Crippen LogP contribution in [0, 0.1) is 0 Å². The van der Waals surface area contributed by atoms with Crippen LogP contribution >= 0.6 is 0 Å². The van der Waals surface area contributed by atoms with E-state index in [2.05, 4.69) is 25.8 Å². The van der Waals surface area contributed by atoms with Crippen molar-refractivity contribution >= 4 is 40.4 Å². The van der Waals surface area contributed by atoms with Gasteiger partial charge >= 0.3 is 6.03 Å². The van der Waals surface area contributed by atoms with Crippen molar-refractivity contribution in [3.63, 3.8) is 0 Å². The van der Waals surface area contributed by atoms with Crippen LogP contribution in [0.4, 0.5) is 16.2 Å². The third-order valence-electron chi connectivity index (χ3n) is 6.15. The summed E-state index contributed by atoms with van der Waals surface area (Å²) in [5.41, 5.74) is 10.1. The Balaban J connectivity index is 1.41. The van der Waals surface area contributed by atoms with Gasteiger partial charge in [0.2, 0.25) is 5.91 Å². The molecular weight excluding hydrogens is 420 g/mol. The number of primary amides is 1. The molecule has 1 aromatic carbocycles. The highest BCUT2D eigenvalue weighted by molar-refractivity contribution is 6.36. The molecule has 0 atom stereocenters. The minimum atomic E-state index is -0.665. The van der Waals surface area contributed by atoms with E-state index < -0.39 is 6.03 Å². The van der Waals surface area contributed by atoms with Gasteiger partial charge in [0.15, 0.2) is 0 Å². The number of fused-ring (bicyclic) bond motifs is 1. The third kappa shape index (κ3) is 5.43. The number of aromatic amines is 1. The molecule has 0 radical (unpaired) electrons. The normalized spacial score (nSPS) is 17.3. The maximum Gasteiger partial charge on any atom is 0.316 e. The second kappa shape index (κ2) is 9.91. The van der Waals surface area contributed by atoms with Crippen molar-refractivity contribution in [1.82, 2.24) is 15.2 Å². The van der Waals surface area contributed by atoms with E-state index in [9.17, 15) is 14.4 Å². The molecule has 0 bridgehead atoms. The average Bonchev–Trinajstić information content (AvgIpc) is 3.40. The number of hydrogen-bond donors (Lipinski definition) is 5. The first-order chi connectivity index (χ1) is 15.9. The number of nitrogens with zero attached hydrogens (tertiary/aromatic N) is 1. The van der Waals surface area contributed by atoms with Gasteiger partial charge in [-0.15, -0.1) is 0 Å². The molecule has 1 aromatic heterocycles. The highest BCUT2D eigenvalue weighted by Gasteiger charge is 2.27. The summed E-state index contributed by atoms with van der Waals surface area (Å²) in [6, 6.07) is 6.41. The molecule has 0 spiro atoms. The molecule has 4 amide bonds. The molecule has 0 unspecified atom stereocenters. The van der Waals surface area contributed by atoms with Crippen molar-refractivity contribution in [2.45, 2.75) is 39.2 Å². The summed E-state index contributed by atoms with van der Waals surface area (Å²) in [4.78, 5) is 41.6. The molecule has 9 nitrogen and oxygen atoms in total. The summed E-state index contributed by atoms with van der Waals surface area (Å²) in [5, 5.41) is 8.37. The largest absolute Gasteiger partial charge is 0.361 e. The summed E-state index contributed by atoms with van der Waals surface area (Å²) in [6.07, 6.45) is 6.05. The van der Waals surface area contributed by atoms with Crippen molar-refractivity contribution < 1.29 is 14.4 Å². The number of allylic oxidation sites excluding steroid dienone is 1. The second-order valence-corrected chi connectivity index (χ2v) is 8.55. The number of nitrogens with two attached hydrogens (primary N) is 1. The van der Waals surface area contributed by atoms with Crippen molar-refractivity contribution in [3.05, 3.63) is 47.3 Å². The molecule has 2 aliphatic heterocycles. The quantitative estimate of drug-likeness (QED) is 0.415. The first-order valence-electron chi connectivity index (χ1n) is 11.3. The van der Waals surface area contributed by atoms with Crippen molar-refractivity contribution in [1.29, 1.82) is 0 Å². The van der Waals surface area contributed by atoms with E-state index >= 15 is 0 Å². The Bertz CT molecular complexity index is 1100. The summed E-state index contributed by atoms with van der Waals surface area (Å²) in [5.74, 6) is -0.169. The standard InChI is InChI=1S/C24H30N6O3/c1-15(22-18-12-17(28-24(25)33)5-6-19(18)29-23(22)32)20-11-16(13-26-20)14-27-21(31)7-10-30-8-3-2-4-9-30/h5-6,11-13,26H,2-4,7-10,14H2,1H3,(H,27,31)(H,29,32)(H3,25,28,33)/b22-15+. The van der Waals surface area contributed by atoms with Gasteiger partial charge in [0.1, 0.15) is 0 Å². The van der Waals surface area contributed by atoms with E-state index in [0.29, 0.717) is 35.5 Å². The van der Waals surface area contributed by atoms with E-state index in [-0.39, 0.29) is 11.8 Å². The van der Waals surface area contributed by atoms with Crippen LogP contribution in [-0.2, 0) is 16.1 Å². The van der Waals surface area contributed by atoms with Gasteiger partial charge in [-0.25, -0.2) is 4.79 Å². The van der Waals surface area contributed by atoms with Crippen molar-refractivity contribution in [3.8, 4) is 0 Å². The molecule has 0 aliphatic carbocycles. The highest BCUT2D eigenvalue weighted by Crippen LogP contribution is 2.38. The lowest BCUT2D eigenvalue weighted by Crippen LogP contribution is -2.34. The van der Waals surface area contributed by atoms with Crippen LogP contribution in [0.15, 0.2) is 30.5 Å². The number of benzene rings is 1. The summed E-state index contributed by atoms with van der Waals surface area (Å²) >= 11 is 0. The van der Waals surface area contributed by atoms with Crippen molar-refractivity contribution in [2.24, 2.45) is 5.73 Å². The van der Waals surface area contributed by atoms with Gasteiger partial charge in [0, 0.05) is 48.3 Å². The zero-order valence-corrected chi connectivity index (χ0v) is 18.8. The molecule has 0 saturated carbocycles. The number of urea groups is 1. The van der Waals surface area contributed by atoms with Crippen LogP contribution in [0.5, 0.6) is 0 Å². The van der Waals surface area contributed by atoms with Gasteiger partial charge in [-0.1, -0.05) is 6.42 Å². The van der Waals surface area contributed by atoms with Crippen LogP contribution in [0.3, 0.4) is 0 Å². The van der Waals surface area contributed by atoms with E-state index in [1.54, 1.807) is 18.2 Å². The molecule has 1 saturated heterocycles. The number of nitrogens with one attached hydrogen (secondary N) is 4. The molecular formula is C24H30N6O3. The van der Waals surface area contributed by atoms with E-state index in [4.69, 9.17) is 5.73 Å². The molecule has 9 heteroatoms. The number of anilines is 2. The Morgan fingerprint density at radius 3 is 2.70 bits per heavy atom. The molecule has 2 aliphatic rings. The monoisotopic (exact) mass is 450 g/mol. The maximum atomic E-state index is 12.6. The number of carbonyl (C=O) groups excluding carboxylic acids is 3. The fraction of sp³-hybridized carbons (Fsp3) is 0.375. The Hall–Kier alpha value is -3.59. The lowest BCUT2D eigenvalue weighted by atomic mass is 9.99. The lowest BCUT2D eigenvalue weighted by Gasteiger charge is -2.25. The first kappa shape index (κ1) is 22.6. The van der Waals surface area contributed by atoms with Crippen LogP contribution in [0.25, 0.3) is 11.1 Å². The Kier molecular flexibility index (Phi) is 6.79. The predicted molar refractivity (Wildman–Crippen MR) is 128 cm³/mol. The molecule has 6 N–H and O–H groups in total. The number of aromatic nitrogens is 1. The Morgan fingerprint density at radius 1 is 1.15 bits per heavy atom. The zero-order chi connectivity index (χ0) is 23.4. The molecule has 1 fully saturated rings. The first-order valence-corrected chi connectivity index (χ1v) is 11.3. The number of piperidine rings is 1. The fourth-order valence-electron chi connectivity index (χ4n) is 4.38. The molecule has 4 rings (SSSR count). The van der Waals surface area contributed by atoms with Gasteiger partial charge in [0.25, 0.3) is 5.91 Å². The van der Waals surface area contributed by atoms with E-state index in [1.807, 2.05) is 19.2 Å². The van der Waals surface area contributed by atoms with Gasteiger partial charge in [-0.2, -0.15) is 0 Å². The smallest absolute Gasteiger partial charge is 0.316 e. The maximum absolute atomic E-state index is 12.6. The van der Waals surface area contributed by atoms with Gasteiger partial charge in [0.05, 0.1) is 5.57 Å². The van der Waals surface area contributed by atoms with Gasteiger partial charge in [-0.3, -0.25) is 9.59 Å². The number of carbonyl (C=O) groups is 3. The Labute approximate surface area is 192 Å². The van der Waals surface area contributed by atoms with Crippen LogP contribution in [0.1, 0.15) is 49.4 Å². The molecule has 2 aromatic rings. The zero-order valence-electron chi connectivity index (χ0n) is 18.8. The number of amides is 4. The molecule has 174 valence electrons. The van der Waals surface area contributed by atoms with Gasteiger partial charge < -0.3 is 31.6 Å². The molecule has 3 heterocycles. The van der Waals surface area contributed by atoms with Gasteiger partial charge in [-0.05, 0) is 68.3 Å². The minimum Gasteiger partial charge on any atom is -0.361 e. The SMILES string of the molecule is C/C(=C1\C(=O)Nc2ccc(NC(N)=O)cc21)c1cc(CNC(=O)CCN2CCCCC2)c[nH]1. The number of H-pyrrole nitrogens is 1. The topological polar surface area (TPSA) is 132 Å². The number of likely N-dealkylation sites (tertiary alicyclic amines) is 1. The lowest BCUT2D eigenvalue weighted by molar-refractivity contribution is -0.121. The highest BCUT2D eigenvalue weighted by atomic mass is 16.2. The predicted octanol–water partition coefficient (Wildman–Crippen LogP) is 2.88. The average molecular weight is 451 g/mol. The summed E-state index contributed by atoms with van der Waals surface area (Å²) in [6.45, 7) is 5.26. The van der Waals surface area contributed by atoms with E-state index in [0.717, 1.165) is 36.5 Å². The van der Waals surface area contributed by atoms with Crippen molar-refractivity contribution in [2.75, 3.05) is 30.3 Å². The van der Waals surface area contributed by atoms with E-state index in [1.165, 1.54) is 19.3 Å².